The fourth-order valence-corrected chi connectivity index (χ4v) is 2.55. The molecule has 0 aromatic carbocycles. The molecule has 1 heterocycles. The van der Waals surface area contributed by atoms with Crippen molar-refractivity contribution in [2.45, 2.75) is 70.6 Å². The summed E-state index contributed by atoms with van der Waals surface area (Å²) in [6.45, 7) is 5.88. The molecule has 1 saturated carbocycles. The number of rotatable bonds is 3. The molecule has 2 rings (SSSR count). The SMILES string of the molecule is CC(C)(C)Oc1nc(NC2CCCCCC2O)ccc1N. The Labute approximate surface area is 126 Å². The van der Waals surface area contributed by atoms with E-state index in [9.17, 15) is 5.11 Å². The molecule has 0 radical (unpaired) electrons. The van der Waals surface area contributed by atoms with E-state index < -0.39 is 0 Å². The maximum absolute atomic E-state index is 10.2. The smallest absolute Gasteiger partial charge is 0.239 e. The van der Waals surface area contributed by atoms with Crippen molar-refractivity contribution in [3.05, 3.63) is 12.1 Å². The average molecular weight is 293 g/mol. The molecule has 2 atom stereocenters. The molecular formula is C16H27N3O2. The fourth-order valence-electron chi connectivity index (χ4n) is 2.55. The molecule has 1 aliphatic carbocycles. The van der Waals surface area contributed by atoms with Crippen LogP contribution in [0.2, 0.25) is 0 Å². The van der Waals surface area contributed by atoms with E-state index >= 15 is 0 Å². The molecule has 0 aliphatic heterocycles. The summed E-state index contributed by atoms with van der Waals surface area (Å²) in [5, 5.41) is 13.5. The molecule has 1 fully saturated rings. The van der Waals surface area contributed by atoms with Crippen molar-refractivity contribution < 1.29 is 9.84 Å². The van der Waals surface area contributed by atoms with Crippen molar-refractivity contribution in [1.29, 1.82) is 0 Å². The van der Waals surface area contributed by atoms with Crippen molar-refractivity contribution in [2.75, 3.05) is 11.1 Å². The van der Waals surface area contributed by atoms with Crippen LogP contribution in [-0.2, 0) is 0 Å². The molecule has 4 N–H and O–H groups in total. The lowest BCUT2D eigenvalue weighted by molar-refractivity contribution is 0.125. The molecule has 1 aliphatic rings. The number of nitrogen functional groups attached to an aromatic ring is 1. The summed E-state index contributed by atoms with van der Waals surface area (Å²) >= 11 is 0. The van der Waals surface area contributed by atoms with Gasteiger partial charge in [0.2, 0.25) is 5.88 Å². The second-order valence-corrected chi connectivity index (χ2v) is 6.76. The number of aromatic nitrogens is 1. The Kier molecular flexibility index (Phi) is 4.93. The lowest BCUT2D eigenvalue weighted by Gasteiger charge is -2.24. The van der Waals surface area contributed by atoms with Gasteiger partial charge < -0.3 is 20.9 Å². The minimum absolute atomic E-state index is 0.0473. The van der Waals surface area contributed by atoms with Gasteiger partial charge in [-0.1, -0.05) is 19.3 Å². The zero-order valence-corrected chi connectivity index (χ0v) is 13.2. The Morgan fingerprint density at radius 1 is 1.24 bits per heavy atom. The third-order valence-corrected chi connectivity index (χ3v) is 3.61. The molecule has 21 heavy (non-hydrogen) atoms. The van der Waals surface area contributed by atoms with E-state index in [0.29, 0.717) is 17.4 Å². The normalized spacial score (nSPS) is 23.4. The first kappa shape index (κ1) is 15.9. The van der Waals surface area contributed by atoms with E-state index in [1.807, 2.05) is 26.8 Å². The van der Waals surface area contributed by atoms with Gasteiger partial charge in [-0.15, -0.1) is 0 Å². The van der Waals surface area contributed by atoms with Crippen molar-refractivity contribution in [2.24, 2.45) is 0 Å². The van der Waals surface area contributed by atoms with E-state index in [2.05, 4.69) is 10.3 Å². The number of ether oxygens (including phenoxy) is 1. The number of nitrogens with one attached hydrogen (secondary N) is 1. The van der Waals surface area contributed by atoms with E-state index in [-0.39, 0.29) is 17.7 Å². The van der Waals surface area contributed by atoms with E-state index in [1.54, 1.807) is 6.07 Å². The Morgan fingerprint density at radius 3 is 2.67 bits per heavy atom. The fraction of sp³-hybridized carbons (Fsp3) is 0.688. The van der Waals surface area contributed by atoms with Crippen LogP contribution in [0, 0.1) is 0 Å². The van der Waals surface area contributed by atoms with Gasteiger partial charge in [0.1, 0.15) is 11.4 Å². The van der Waals surface area contributed by atoms with Crippen molar-refractivity contribution >= 4 is 11.5 Å². The van der Waals surface area contributed by atoms with Gasteiger partial charge in [0.25, 0.3) is 0 Å². The molecule has 0 spiro atoms. The van der Waals surface area contributed by atoms with Crippen LogP contribution in [0.25, 0.3) is 0 Å². The molecule has 1 aromatic heterocycles. The van der Waals surface area contributed by atoms with Gasteiger partial charge in [-0.05, 0) is 45.7 Å². The molecule has 2 unspecified atom stereocenters. The van der Waals surface area contributed by atoms with Crippen LogP contribution < -0.4 is 15.8 Å². The summed E-state index contributed by atoms with van der Waals surface area (Å²) in [4.78, 5) is 4.45. The first-order chi connectivity index (χ1) is 9.85. The van der Waals surface area contributed by atoms with Crippen LogP contribution >= 0.6 is 0 Å². The van der Waals surface area contributed by atoms with E-state index in [4.69, 9.17) is 10.5 Å². The zero-order valence-electron chi connectivity index (χ0n) is 13.2. The van der Waals surface area contributed by atoms with Gasteiger partial charge in [-0.3, -0.25) is 0 Å². The molecule has 0 saturated heterocycles. The van der Waals surface area contributed by atoms with E-state index in [1.165, 1.54) is 6.42 Å². The number of anilines is 2. The highest BCUT2D eigenvalue weighted by molar-refractivity contribution is 5.54. The third-order valence-electron chi connectivity index (χ3n) is 3.61. The first-order valence-corrected chi connectivity index (χ1v) is 7.75. The predicted molar refractivity (Wildman–Crippen MR) is 85.5 cm³/mol. The van der Waals surface area contributed by atoms with Gasteiger partial charge in [0.15, 0.2) is 0 Å². The molecule has 0 bridgehead atoms. The van der Waals surface area contributed by atoms with Crippen LogP contribution in [0.15, 0.2) is 12.1 Å². The summed E-state index contributed by atoms with van der Waals surface area (Å²) in [5.74, 6) is 1.14. The van der Waals surface area contributed by atoms with Crippen LogP contribution in [0.3, 0.4) is 0 Å². The molecule has 1 aromatic rings. The number of nitrogens with two attached hydrogens (primary N) is 1. The topological polar surface area (TPSA) is 80.4 Å². The number of pyridine rings is 1. The summed E-state index contributed by atoms with van der Waals surface area (Å²) < 4.78 is 5.78. The van der Waals surface area contributed by atoms with Crippen LogP contribution in [-0.4, -0.2) is 27.8 Å². The highest BCUT2D eigenvalue weighted by Crippen LogP contribution is 2.27. The molecule has 5 nitrogen and oxygen atoms in total. The highest BCUT2D eigenvalue weighted by atomic mass is 16.5. The molecule has 5 heteroatoms. The largest absolute Gasteiger partial charge is 0.470 e. The monoisotopic (exact) mass is 293 g/mol. The highest BCUT2D eigenvalue weighted by Gasteiger charge is 2.22. The van der Waals surface area contributed by atoms with Crippen LogP contribution in [0.5, 0.6) is 5.88 Å². The number of hydrogen-bond acceptors (Lipinski definition) is 5. The Balaban J connectivity index is 2.11. The minimum atomic E-state index is -0.346. The maximum atomic E-state index is 10.2. The second-order valence-electron chi connectivity index (χ2n) is 6.76. The first-order valence-electron chi connectivity index (χ1n) is 7.75. The number of aliphatic hydroxyl groups is 1. The summed E-state index contributed by atoms with van der Waals surface area (Å²) in [6.07, 6.45) is 4.89. The van der Waals surface area contributed by atoms with Gasteiger partial charge in [0.05, 0.1) is 17.8 Å². The van der Waals surface area contributed by atoms with Gasteiger partial charge in [-0.2, -0.15) is 4.98 Å². The summed E-state index contributed by atoms with van der Waals surface area (Å²) in [7, 11) is 0. The number of nitrogens with zero attached hydrogens (tertiary/aromatic N) is 1. The quantitative estimate of drug-likeness (QED) is 0.747. The second kappa shape index (κ2) is 6.52. The lowest BCUT2D eigenvalue weighted by Crippen LogP contribution is -2.33. The Hall–Kier alpha value is -1.49. The zero-order chi connectivity index (χ0) is 15.5. The lowest BCUT2D eigenvalue weighted by atomic mass is 10.1. The van der Waals surface area contributed by atoms with Crippen LogP contribution in [0.4, 0.5) is 11.5 Å². The Morgan fingerprint density at radius 2 is 1.95 bits per heavy atom. The van der Waals surface area contributed by atoms with Crippen molar-refractivity contribution in [1.82, 2.24) is 4.98 Å². The third kappa shape index (κ3) is 4.77. The molecular weight excluding hydrogens is 266 g/mol. The average Bonchev–Trinajstić information content (AvgIpc) is 2.57. The number of aliphatic hydroxyl groups excluding tert-OH is 1. The molecule has 118 valence electrons. The van der Waals surface area contributed by atoms with Gasteiger partial charge in [0, 0.05) is 0 Å². The summed E-state index contributed by atoms with van der Waals surface area (Å²) in [5.41, 5.74) is 6.10. The summed E-state index contributed by atoms with van der Waals surface area (Å²) in [6, 6.07) is 3.67. The van der Waals surface area contributed by atoms with Gasteiger partial charge in [-0.25, -0.2) is 0 Å². The Bertz CT molecular complexity index is 471. The number of hydrogen-bond donors (Lipinski definition) is 3. The van der Waals surface area contributed by atoms with Crippen molar-refractivity contribution in [3.63, 3.8) is 0 Å². The van der Waals surface area contributed by atoms with Crippen LogP contribution in [0.1, 0.15) is 52.9 Å². The minimum Gasteiger partial charge on any atom is -0.470 e. The van der Waals surface area contributed by atoms with Gasteiger partial charge >= 0.3 is 0 Å². The standard InChI is InChI=1S/C16H27N3O2/c1-16(2,3)21-15-11(17)9-10-14(19-15)18-12-7-5-4-6-8-13(12)20/h9-10,12-13,20H,4-8,17H2,1-3H3,(H,18,19). The maximum Gasteiger partial charge on any atom is 0.239 e. The molecule has 0 amide bonds. The van der Waals surface area contributed by atoms with Crippen molar-refractivity contribution in [3.8, 4) is 5.88 Å². The predicted octanol–water partition coefficient (Wildman–Crippen LogP) is 2.95. The van der Waals surface area contributed by atoms with E-state index in [0.717, 1.165) is 25.7 Å².